The number of halogens is 1. The first-order valence-corrected chi connectivity index (χ1v) is 5.41. The van der Waals surface area contributed by atoms with E-state index in [1.807, 2.05) is 0 Å². The summed E-state index contributed by atoms with van der Waals surface area (Å²) >= 11 is 0. The van der Waals surface area contributed by atoms with Crippen LogP contribution in [0.15, 0.2) is 18.2 Å². The van der Waals surface area contributed by atoms with Crippen LogP contribution in [-0.4, -0.2) is 34.7 Å². The zero-order valence-corrected chi connectivity index (χ0v) is 9.92. The number of amides is 2. The summed E-state index contributed by atoms with van der Waals surface area (Å²) in [4.78, 5) is 33.8. The molecule has 0 saturated carbocycles. The minimum Gasteiger partial charge on any atom is -0.368 e. The Morgan fingerprint density at radius 3 is 2.68 bits per heavy atom. The number of para-hydroxylation sites is 1. The third-order valence-electron chi connectivity index (χ3n) is 2.88. The van der Waals surface area contributed by atoms with Crippen LogP contribution in [0.4, 0.5) is 15.8 Å². The van der Waals surface area contributed by atoms with Gasteiger partial charge >= 0.3 is 5.69 Å². The van der Waals surface area contributed by atoms with E-state index in [1.54, 1.807) is 0 Å². The molecule has 1 atom stereocenters. The molecule has 100 valence electrons. The van der Waals surface area contributed by atoms with Gasteiger partial charge in [0.25, 0.3) is 5.91 Å². The number of nitrogens with zero attached hydrogens (tertiary/aromatic N) is 2. The first kappa shape index (κ1) is 12.9. The number of nitro benzene ring substituents is 1. The van der Waals surface area contributed by atoms with Gasteiger partial charge in [0.1, 0.15) is 11.7 Å². The van der Waals surface area contributed by atoms with E-state index in [1.165, 1.54) is 19.2 Å². The van der Waals surface area contributed by atoms with Crippen molar-refractivity contribution in [1.29, 1.82) is 0 Å². The molecule has 1 aliphatic rings. The van der Waals surface area contributed by atoms with Crippen molar-refractivity contribution in [3.05, 3.63) is 34.1 Å². The number of likely N-dealkylation sites (N-methyl/N-ethyl adjacent to an activating group) is 1. The fourth-order valence-electron chi connectivity index (χ4n) is 1.87. The fourth-order valence-corrected chi connectivity index (χ4v) is 1.87. The average Bonchev–Trinajstić information content (AvgIpc) is 2.57. The number of nitro groups is 1. The standard InChI is InChI=1S/C11H10FN3O4/c1-14-9(16)5-8(11(14)17)13-7-4-2-3-6(12)10(7)15(18)19/h2-4,8,13H,5H2,1H3. The maximum Gasteiger partial charge on any atom is 0.327 e. The topological polar surface area (TPSA) is 92.6 Å². The van der Waals surface area contributed by atoms with Gasteiger partial charge < -0.3 is 5.32 Å². The highest BCUT2D eigenvalue weighted by Crippen LogP contribution is 2.29. The van der Waals surface area contributed by atoms with E-state index in [0.717, 1.165) is 11.0 Å². The summed E-state index contributed by atoms with van der Waals surface area (Å²) in [6.45, 7) is 0. The highest BCUT2D eigenvalue weighted by molar-refractivity contribution is 6.06. The third kappa shape index (κ3) is 2.24. The molecule has 0 aromatic heterocycles. The molecule has 1 heterocycles. The average molecular weight is 267 g/mol. The van der Waals surface area contributed by atoms with Gasteiger partial charge in [-0.15, -0.1) is 0 Å². The molecular weight excluding hydrogens is 257 g/mol. The lowest BCUT2D eigenvalue weighted by Crippen LogP contribution is -2.32. The maximum absolute atomic E-state index is 13.4. The van der Waals surface area contributed by atoms with E-state index in [2.05, 4.69) is 5.32 Å². The van der Waals surface area contributed by atoms with Crippen LogP contribution in [0.3, 0.4) is 0 Å². The van der Waals surface area contributed by atoms with Crippen LogP contribution in [-0.2, 0) is 9.59 Å². The summed E-state index contributed by atoms with van der Waals surface area (Å²) in [5, 5.41) is 13.3. The van der Waals surface area contributed by atoms with Crippen LogP contribution in [0, 0.1) is 15.9 Å². The number of benzene rings is 1. The first-order valence-electron chi connectivity index (χ1n) is 5.41. The van der Waals surface area contributed by atoms with Gasteiger partial charge in [-0.2, -0.15) is 4.39 Å². The molecule has 1 N–H and O–H groups in total. The summed E-state index contributed by atoms with van der Waals surface area (Å²) in [7, 11) is 1.33. The molecule has 2 rings (SSSR count). The van der Waals surface area contributed by atoms with E-state index in [0.29, 0.717) is 0 Å². The zero-order chi connectivity index (χ0) is 14.2. The van der Waals surface area contributed by atoms with E-state index in [-0.39, 0.29) is 18.0 Å². The Labute approximate surface area is 107 Å². The van der Waals surface area contributed by atoms with Crippen LogP contribution in [0.1, 0.15) is 6.42 Å². The van der Waals surface area contributed by atoms with E-state index < -0.39 is 28.4 Å². The molecule has 19 heavy (non-hydrogen) atoms. The quantitative estimate of drug-likeness (QED) is 0.499. The van der Waals surface area contributed by atoms with Crippen molar-refractivity contribution < 1.29 is 18.9 Å². The number of carbonyl (C=O) groups is 2. The number of imide groups is 1. The van der Waals surface area contributed by atoms with Crippen LogP contribution < -0.4 is 5.32 Å². The third-order valence-corrected chi connectivity index (χ3v) is 2.88. The van der Waals surface area contributed by atoms with Crippen LogP contribution >= 0.6 is 0 Å². The lowest BCUT2D eigenvalue weighted by Gasteiger charge is -2.12. The molecule has 1 aromatic carbocycles. The number of nitrogens with one attached hydrogen (secondary N) is 1. The Morgan fingerprint density at radius 1 is 1.47 bits per heavy atom. The molecule has 1 saturated heterocycles. The minimum absolute atomic E-state index is 0.108. The van der Waals surface area contributed by atoms with Crippen molar-refractivity contribution in [2.75, 3.05) is 12.4 Å². The Kier molecular flexibility index (Phi) is 3.16. The monoisotopic (exact) mass is 267 g/mol. The number of hydrogen-bond acceptors (Lipinski definition) is 5. The molecule has 8 heteroatoms. The molecule has 0 aliphatic carbocycles. The van der Waals surface area contributed by atoms with Gasteiger partial charge in [-0.05, 0) is 12.1 Å². The van der Waals surface area contributed by atoms with Crippen LogP contribution in [0.2, 0.25) is 0 Å². The number of hydrogen-bond donors (Lipinski definition) is 1. The lowest BCUT2D eigenvalue weighted by atomic mass is 10.2. The van der Waals surface area contributed by atoms with Crippen LogP contribution in [0.25, 0.3) is 0 Å². The SMILES string of the molecule is CN1C(=O)CC(Nc2cccc(F)c2[N+](=O)[O-])C1=O. The highest BCUT2D eigenvalue weighted by Gasteiger charge is 2.37. The van der Waals surface area contributed by atoms with Crippen molar-refractivity contribution in [1.82, 2.24) is 4.90 Å². The highest BCUT2D eigenvalue weighted by atomic mass is 19.1. The summed E-state index contributed by atoms with van der Waals surface area (Å²) in [5.41, 5.74) is -0.858. The normalized spacial score (nSPS) is 18.8. The summed E-state index contributed by atoms with van der Waals surface area (Å²) < 4.78 is 13.4. The molecule has 2 amide bonds. The summed E-state index contributed by atoms with van der Waals surface area (Å²) in [5.74, 6) is -1.88. The van der Waals surface area contributed by atoms with Gasteiger partial charge in [0.2, 0.25) is 11.7 Å². The molecule has 1 fully saturated rings. The molecule has 1 aromatic rings. The minimum atomic E-state index is -1.000. The van der Waals surface area contributed by atoms with E-state index in [4.69, 9.17) is 0 Å². The summed E-state index contributed by atoms with van der Waals surface area (Å²) in [6, 6.07) is 2.63. The number of anilines is 1. The van der Waals surface area contributed by atoms with Crippen molar-refractivity contribution in [3.8, 4) is 0 Å². The number of likely N-dealkylation sites (tertiary alicyclic amines) is 1. The van der Waals surface area contributed by atoms with Crippen molar-refractivity contribution in [3.63, 3.8) is 0 Å². The van der Waals surface area contributed by atoms with Gasteiger partial charge in [0.15, 0.2) is 0 Å². The van der Waals surface area contributed by atoms with Gasteiger partial charge in [0.05, 0.1) is 11.3 Å². The molecule has 0 radical (unpaired) electrons. The Hall–Kier alpha value is -2.51. The first-order chi connectivity index (χ1) is 8.91. The number of rotatable bonds is 3. The molecule has 1 aliphatic heterocycles. The second-order valence-corrected chi connectivity index (χ2v) is 4.09. The molecule has 0 spiro atoms. The zero-order valence-electron chi connectivity index (χ0n) is 9.92. The van der Waals surface area contributed by atoms with E-state index in [9.17, 15) is 24.1 Å². The lowest BCUT2D eigenvalue weighted by molar-refractivity contribution is -0.386. The molecule has 7 nitrogen and oxygen atoms in total. The van der Waals surface area contributed by atoms with Crippen molar-refractivity contribution >= 4 is 23.2 Å². The van der Waals surface area contributed by atoms with Gasteiger partial charge in [-0.1, -0.05) is 6.07 Å². The Bertz CT molecular complexity index is 575. The fraction of sp³-hybridized carbons (Fsp3) is 0.273. The molecule has 0 bridgehead atoms. The smallest absolute Gasteiger partial charge is 0.327 e. The maximum atomic E-state index is 13.4. The second-order valence-electron chi connectivity index (χ2n) is 4.09. The predicted molar refractivity (Wildman–Crippen MR) is 62.9 cm³/mol. The largest absolute Gasteiger partial charge is 0.368 e. The molecule has 1 unspecified atom stereocenters. The van der Waals surface area contributed by atoms with Gasteiger partial charge in [-0.25, -0.2) is 0 Å². The summed E-state index contributed by atoms with van der Waals surface area (Å²) in [6.07, 6.45) is -0.108. The predicted octanol–water partition coefficient (Wildman–Crippen LogP) is 0.903. The van der Waals surface area contributed by atoms with Gasteiger partial charge in [-0.3, -0.25) is 24.6 Å². The van der Waals surface area contributed by atoms with E-state index >= 15 is 0 Å². The Morgan fingerprint density at radius 2 is 2.16 bits per heavy atom. The van der Waals surface area contributed by atoms with Crippen LogP contribution in [0.5, 0.6) is 0 Å². The Balaban J connectivity index is 2.30. The molecular formula is C11H10FN3O4. The van der Waals surface area contributed by atoms with Crippen molar-refractivity contribution in [2.45, 2.75) is 12.5 Å². The number of carbonyl (C=O) groups excluding carboxylic acids is 2. The van der Waals surface area contributed by atoms with Gasteiger partial charge in [0, 0.05) is 7.05 Å². The van der Waals surface area contributed by atoms with Crippen molar-refractivity contribution in [2.24, 2.45) is 0 Å². The second kappa shape index (κ2) is 4.63.